The number of nitrogens with zero attached hydrogens (tertiary/aromatic N) is 3. The zero-order chi connectivity index (χ0) is 30.8. The molecule has 1 N–H and O–H groups in total. The molecule has 1 aromatic carbocycles. The van der Waals surface area contributed by atoms with Gasteiger partial charge in [0, 0.05) is 30.5 Å². The molecule has 0 bridgehead atoms. The Bertz CT molecular complexity index is 1330. The van der Waals surface area contributed by atoms with Crippen LogP contribution in [-0.4, -0.2) is 52.3 Å². The Hall–Kier alpha value is -2.63. The lowest BCUT2D eigenvalue weighted by molar-refractivity contribution is -0.158. The Labute approximate surface area is 249 Å². The number of aromatic nitrogens is 3. The number of fused-ring (bicyclic) bond motifs is 1. The molecule has 1 aliphatic rings. The Balaban J connectivity index is 0.000000247. The first-order valence-electron chi connectivity index (χ1n) is 14.1. The van der Waals surface area contributed by atoms with Gasteiger partial charge < -0.3 is 9.47 Å². The lowest BCUT2D eigenvalue weighted by Gasteiger charge is -2.20. The molecule has 0 radical (unpaired) electrons. The van der Waals surface area contributed by atoms with E-state index in [0.717, 1.165) is 47.4 Å². The molecule has 3 aromatic rings. The molecule has 0 spiro atoms. The van der Waals surface area contributed by atoms with Crippen molar-refractivity contribution < 1.29 is 22.7 Å². The zero-order valence-corrected chi connectivity index (χ0v) is 27.4. The Morgan fingerprint density at radius 3 is 2.07 bits per heavy atom. The summed E-state index contributed by atoms with van der Waals surface area (Å²) < 4.78 is 35.6. The molecule has 41 heavy (non-hydrogen) atoms. The number of esters is 1. The van der Waals surface area contributed by atoms with Crippen LogP contribution in [0.5, 0.6) is 5.88 Å². The van der Waals surface area contributed by atoms with E-state index in [-0.39, 0.29) is 34.9 Å². The van der Waals surface area contributed by atoms with Crippen molar-refractivity contribution in [1.82, 2.24) is 19.7 Å². The van der Waals surface area contributed by atoms with E-state index >= 15 is 0 Å². The molecule has 0 aliphatic heterocycles. The van der Waals surface area contributed by atoms with Crippen LogP contribution in [0.3, 0.4) is 0 Å². The maximum Gasteiger partial charge on any atom is 0.308 e. The van der Waals surface area contributed by atoms with Crippen LogP contribution in [0, 0.1) is 5.92 Å². The van der Waals surface area contributed by atoms with E-state index in [9.17, 15) is 13.2 Å². The molecule has 228 valence electrons. The van der Waals surface area contributed by atoms with Crippen molar-refractivity contribution in [2.24, 2.45) is 5.92 Å². The molecule has 4 rings (SSSR count). The fraction of sp³-hybridized carbons (Fsp3) is 0.600. The lowest BCUT2D eigenvalue weighted by atomic mass is 10.1. The highest BCUT2D eigenvalue weighted by molar-refractivity contribution is 7.90. The maximum atomic E-state index is 11.1. The normalized spacial score (nSPS) is 13.5. The number of hydrogen-bond donors (Lipinski definition) is 1. The summed E-state index contributed by atoms with van der Waals surface area (Å²) in [6.07, 6.45) is 5.23. The summed E-state index contributed by atoms with van der Waals surface area (Å²) in [7, 11) is -2.94. The number of aryl methyl sites for hydroxylation is 2. The Morgan fingerprint density at radius 2 is 1.63 bits per heavy atom. The summed E-state index contributed by atoms with van der Waals surface area (Å²) in [6.45, 7) is 16.9. The molecular weight excluding hydrogens is 560 g/mol. The van der Waals surface area contributed by atoms with Crippen LogP contribution in [0.4, 0.5) is 0 Å². The summed E-state index contributed by atoms with van der Waals surface area (Å²) in [6, 6.07) is 7.91. The van der Waals surface area contributed by atoms with Gasteiger partial charge in [0.25, 0.3) is 0 Å². The minimum absolute atomic E-state index is 0.0285. The Kier molecular flexibility index (Phi) is 13.1. The second-order valence-corrected chi connectivity index (χ2v) is 14.7. The molecule has 9 nitrogen and oxygen atoms in total. The minimum atomic E-state index is -2.94. The van der Waals surface area contributed by atoms with Gasteiger partial charge in [-0.05, 0) is 73.4 Å². The summed E-state index contributed by atoms with van der Waals surface area (Å²) in [5.41, 5.74) is 2.33. The predicted octanol–water partition coefficient (Wildman–Crippen LogP) is 6.12. The van der Waals surface area contributed by atoms with Gasteiger partial charge in [-0.2, -0.15) is 0 Å². The van der Waals surface area contributed by atoms with Crippen molar-refractivity contribution >= 4 is 38.4 Å². The number of sulfonamides is 1. The van der Waals surface area contributed by atoms with E-state index in [2.05, 4.69) is 14.7 Å². The minimum Gasteiger partial charge on any atom is -0.474 e. The summed E-state index contributed by atoms with van der Waals surface area (Å²) in [4.78, 5) is 24.6. The standard InChI is InChI=1S/C16H17N3OS.C8H16O2.C6H13NO2S/c1-11(2)20-16-14(7-8-15-17-9-10-21-15)18-12-5-3-4-6-13(12)19-16;1-6(2)7(9)10-8(3,4)5;1-5(2)7-10(8,9)6-3-4-6/h3-6,9-11H,7-8H2,1-2H3;6H,1-5H3;5-7H,3-4H2,1-2H3. The number of ether oxygens (including phenoxy) is 2. The second kappa shape index (κ2) is 15.6. The van der Waals surface area contributed by atoms with Crippen molar-refractivity contribution in [2.45, 2.75) is 111 Å². The number of carbonyl (C=O) groups is 1. The molecule has 1 aliphatic carbocycles. The summed E-state index contributed by atoms with van der Waals surface area (Å²) in [5.74, 6) is 0.479. The summed E-state index contributed by atoms with van der Waals surface area (Å²) >= 11 is 1.67. The topological polar surface area (TPSA) is 120 Å². The highest BCUT2D eigenvalue weighted by Crippen LogP contribution is 2.27. The first-order chi connectivity index (χ1) is 19.1. The first-order valence-corrected chi connectivity index (χ1v) is 16.5. The third-order valence-electron chi connectivity index (χ3n) is 5.25. The third kappa shape index (κ3) is 13.3. The van der Waals surface area contributed by atoms with Crippen LogP contribution < -0.4 is 9.46 Å². The molecule has 0 atom stereocenters. The van der Waals surface area contributed by atoms with Gasteiger partial charge in [0.1, 0.15) is 11.3 Å². The van der Waals surface area contributed by atoms with E-state index in [1.165, 1.54) is 0 Å². The van der Waals surface area contributed by atoms with Crippen LogP contribution in [0.15, 0.2) is 35.8 Å². The zero-order valence-electron chi connectivity index (χ0n) is 25.8. The van der Waals surface area contributed by atoms with E-state index in [0.29, 0.717) is 5.88 Å². The van der Waals surface area contributed by atoms with Gasteiger partial charge in [-0.1, -0.05) is 26.0 Å². The average Bonchev–Trinajstić information content (AvgIpc) is 3.59. The molecule has 1 fully saturated rings. The van der Waals surface area contributed by atoms with E-state index in [4.69, 9.17) is 14.5 Å². The number of rotatable bonds is 9. The molecule has 11 heteroatoms. The van der Waals surface area contributed by atoms with Crippen LogP contribution in [0.1, 0.15) is 85.9 Å². The van der Waals surface area contributed by atoms with Gasteiger partial charge in [0.2, 0.25) is 15.9 Å². The van der Waals surface area contributed by atoms with Crippen LogP contribution in [-0.2, 0) is 32.4 Å². The van der Waals surface area contributed by atoms with Crippen LogP contribution in [0.2, 0.25) is 0 Å². The van der Waals surface area contributed by atoms with Crippen LogP contribution >= 0.6 is 11.3 Å². The van der Waals surface area contributed by atoms with Crippen molar-refractivity contribution in [3.8, 4) is 5.88 Å². The highest BCUT2D eigenvalue weighted by Gasteiger charge is 2.35. The smallest absolute Gasteiger partial charge is 0.308 e. The maximum absolute atomic E-state index is 11.1. The summed E-state index contributed by atoms with van der Waals surface area (Å²) in [5, 5.41) is 3.02. The fourth-order valence-corrected chi connectivity index (χ4v) is 5.55. The second-order valence-electron chi connectivity index (χ2n) is 11.8. The largest absolute Gasteiger partial charge is 0.474 e. The number of para-hydroxylation sites is 2. The van der Waals surface area contributed by atoms with Gasteiger partial charge in [-0.15, -0.1) is 11.3 Å². The van der Waals surface area contributed by atoms with Gasteiger partial charge in [0.15, 0.2) is 0 Å². The van der Waals surface area contributed by atoms with Crippen molar-refractivity contribution in [3.63, 3.8) is 0 Å². The monoisotopic (exact) mass is 606 g/mol. The number of benzene rings is 1. The van der Waals surface area contributed by atoms with Crippen molar-refractivity contribution in [3.05, 3.63) is 46.5 Å². The number of hydrogen-bond acceptors (Lipinski definition) is 9. The van der Waals surface area contributed by atoms with Gasteiger partial charge >= 0.3 is 5.97 Å². The molecule has 0 saturated heterocycles. The van der Waals surface area contributed by atoms with Gasteiger partial charge in [-0.3, -0.25) is 4.79 Å². The SMILES string of the molecule is CC(C)C(=O)OC(C)(C)C.CC(C)NS(=O)(=O)C1CC1.CC(C)Oc1nc2ccccc2nc1CCc1nccs1. The van der Waals surface area contributed by atoms with Crippen molar-refractivity contribution in [1.29, 1.82) is 0 Å². The third-order valence-corrected chi connectivity index (χ3v) is 8.24. The van der Waals surface area contributed by atoms with E-state index in [1.54, 1.807) is 11.3 Å². The average molecular weight is 607 g/mol. The molecular formula is C30H46N4O5S2. The van der Waals surface area contributed by atoms with Crippen molar-refractivity contribution in [2.75, 3.05) is 0 Å². The first kappa shape index (κ1) is 34.6. The Morgan fingerprint density at radius 1 is 1.02 bits per heavy atom. The lowest BCUT2D eigenvalue weighted by Crippen LogP contribution is -2.32. The molecule has 0 amide bonds. The van der Waals surface area contributed by atoms with E-state index < -0.39 is 10.0 Å². The molecule has 0 unspecified atom stereocenters. The van der Waals surface area contributed by atoms with Gasteiger partial charge in [-0.25, -0.2) is 28.1 Å². The quantitative estimate of drug-likeness (QED) is 0.289. The number of nitrogens with one attached hydrogen (secondary N) is 1. The molecule has 1 saturated carbocycles. The highest BCUT2D eigenvalue weighted by atomic mass is 32.2. The van der Waals surface area contributed by atoms with E-state index in [1.807, 2.05) is 98.2 Å². The van der Waals surface area contributed by atoms with Crippen LogP contribution in [0.25, 0.3) is 11.0 Å². The fourth-order valence-electron chi connectivity index (χ4n) is 3.33. The molecule has 2 aromatic heterocycles. The number of thiazole rings is 1. The van der Waals surface area contributed by atoms with Gasteiger partial charge in [0.05, 0.1) is 33.3 Å². The number of carbonyl (C=O) groups excluding carboxylic acids is 1. The molecule has 2 heterocycles. The predicted molar refractivity (Wildman–Crippen MR) is 166 cm³/mol.